The molecule has 184 valence electrons. The van der Waals surface area contributed by atoms with Gasteiger partial charge in [-0.15, -0.1) is 0 Å². The fourth-order valence-corrected chi connectivity index (χ4v) is 4.74. The van der Waals surface area contributed by atoms with Gasteiger partial charge in [-0.3, -0.25) is 14.3 Å². The van der Waals surface area contributed by atoms with Crippen molar-refractivity contribution in [3.8, 4) is 28.3 Å². The first kappa shape index (κ1) is 24.5. The number of hydrogen-bond donors (Lipinski definition) is 1. The zero-order valence-electron chi connectivity index (χ0n) is 19.7. The number of amides is 1. The van der Waals surface area contributed by atoms with Gasteiger partial charge in [0.05, 0.1) is 18.9 Å². The average molecular weight is 521 g/mol. The fourth-order valence-electron chi connectivity index (χ4n) is 4.36. The average Bonchev–Trinajstić information content (AvgIpc) is 3.31. The smallest absolute Gasteiger partial charge is 0.272 e. The highest BCUT2D eigenvalue weighted by molar-refractivity contribution is 6.31. The number of benzene rings is 3. The molecular weight excluding hydrogens is 495 g/mol. The normalized spacial score (nSPS) is 14.1. The van der Waals surface area contributed by atoms with Gasteiger partial charge in [0, 0.05) is 53.0 Å². The summed E-state index contributed by atoms with van der Waals surface area (Å²) in [4.78, 5) is 20.7. The lowest BCUT2D eigenvalue weighted by molar-refractivity contribution is 0.0383. The Morgan fingerprint density at radius 2 is 1.58 bits per heavy atom. The first-order valence-electron chi connectivity index (χ1n) is 11.9. The maximum absolute atomic E-state index is 13.6. The molecule has 1 saturated heterocycles. The number of carbonyl (C=O) groups is 1. The molecule has 1 amide bonds. The van der Waals surface area contributed by atoms with Crippen LogP contribution >= 0.6 is 23.2 Å². The standard InChI is InChI=1S/C28H26Cl2N4O2/c29-22-9-4-8-21(18-22)26-25(28(35)31-12-13-33-14-16-36-17-15-33)32-27(20-6-2-1-3-7-20)34(26)24-11-5-10-23(30)19-24/h1-11,18-19H,12-17H2,(H,31,35). The van der Waals surface area contributed by atoms with Gasteiger partial charge in [0.1, 0.15) is 5.82 Å². The monoisotopic (exact) mass is 520 g/mol. The number of carbonyl (C=O) groups excluding carboxylic acids is 1. The van der Waals surface area contributed by atoms with E-state index in [9.17, 15) is 4.79 Å². The molecule has 0 radical (unpaired) electrons. The number of imidazole rings is 1. The van der Waals surface area contributed by atoms with E-state index in [-0.39, 0.29) is 5.91 Å². The number of nitrogens with zero attached hydrogens (tertiary/aromatic N) is 3. The Morgan fingerprint density at radius 1 is 0.889 bits per heavy atom. The van der Waals surface area contributed by atoms with E-state index < -0.39 is 0 Å². The van der Waals surface area contributed by atoms with Crippen LogP contribution in [0.3, 0.4) is 0 Å². The van der Waals surface area contributed by atoms with Gasteiger partial charge in [0.15, 0.2) is 5.69 Å². The number of ether oxygens (including phenoxy) is 1. The van der Waals surface area contributed by atoms with Gasteiger partial charge < -0.3 is 10.1 Å². The minimum absolute atomic E-state index is 0.240. The molecular formula is C28H26Cl2N4O2. The Balaban J connectivity index is 1.61. The minimum Gasteiger partial charge on any atom is -0.379 e. The molecule has 1 N–H and O–H groups in total. The number of rotatable bonds is 7. The van der Waals surface area contributed by atoms with Crippen molar-refractivity contribution in [1.29, 1.82) is 0 Å². The molecule has 0 aliphatic carbocycles. The summed E-state index contributed by atoms with van der Waals surface area (Å²) in [5.41, 5.74) is 3.46. The van der Waals surface area contributed by atoms with Crippen molar-refractivity contribution in [3.63, 3.8) is 0 Å². The van der Waals surface area contributed by atoms with E-state index in [2.05, 4.69) is 10.2 Å². The van der Waals surface area contributed by atoms with Crippen LogP contribution in [-0.4, -0.2) is 59.8 Å². The lowest BCUT2D eigenvalue weighted by Gasteiger charge is -2.26. The number of morpholine rings is 1. The van der Waals surface area contributed by atoms with Gasteiger partial charge in [0.25, 0.3) is 5.91 Å². The van der Waals surface area contributed by atoms with Gasteiger partial charge >= 0.3 is 0 Å². The number of hydrogen-bond acceptors (Lipinski definition) is 4. The predicted octanol–water partition coefficient (Wildman–Crippen LogP) is 5.58. The Hall–Kier alpha value is -3.16. The van der Waals surface area contributed by atoms with E-state index in [4.69, 9.17) is 32.9 Å². The Labute approximate surface area is 220 Å². The Morgan fingerprint density at radius 3 is 2.31 bits per heavy atom. The van der Waals surface area contributed by atoms with E-state index in [1.807, 2.05) is 83.4 Å². The van der Waals surface area contributed by atoms with Crippen LogP contribution in [0.4, 0.5) is 0 Å². The van der Waals surface area contributed by atoms with Crippen LogP contribution in [0.2, 0.25) is 10.0 Å². The third kappa shape index (κ3) is 5.47. The molecule has 0 bridgehead atoms. The van der Waals surface area contributed by atoms with Crippen LogP contribution in [0.25, 0.3) is 28.3 Å². The zero-order chi connectivity index (χ0) is 24.9. The van der Waals surface area contributed by atoms with E-state index in [1.54, 1.807) is 0 Å². The molecule has 36 heavy (non-hydrogen) atoms. The molecule has 5 rings (SSSR count). The van der Waals surface area contributed by atoms with E-state index in [0.29, 0.717) is 33.8 Å². The topological polar surface area (TPSA) is 59.4 Å². The van der Waals surface area contributed by atoms with Crippen LogP contribution < -0.4 is 5.32 Å². The molecule has 1 aliphatic heterocycles. The number of aromatic nitrogens is 2. The molecule has 1 aliphatic rings. The molecule has 3 aromatic carbocycles. The fraction of sp³-hybridized carbons (Fsp3) is 0.214. The van der Waals surface area contributed by atoms with Crippen molar-refractivity contribution in [3.05, 3.63) is 94.6 Å². The van der Waals surface area contributed by atoms with Gasteiger partial charge in [-0.1, -0.05) is 71.7 Å². The molecule has 2 heterocycles. The highest BCUT2D eigenvalue weighted by atomic mass is 35.5. The maximum Gasteiger partial charge on any atom is 0.272 e. The Kier molecular flexibility index (Phi) is 7.68. The quantitative estimate of drug-likeness (QED) is 0.345. The lowest BCUT2D eigenvalue weighted by atomic mass is 10.1. The summed E-state index contributed by atoms with van der Waals surface area (Å²) in [6.45, 7) is 4.44. The third-order valence-corrected chi connectivity index (χ3v) is 6.58. The maximum atomic E-state index is 13.6. The number of halogens is 2. The first-order valence-corrected chi connectivity index (χ1v) is 12.6. The number of nitrogens with one attached hydrogen (secondary N) is 1. The largest absolute Gasteiger partial charge is 0.379 e. The van der Waals surface area contributed by atoms with Crippen molar-refractivity contribution in [2.24, 2.45) is 0 Å². The second kappa shape index (κ2) is 11.3. The SMILES string of the molecule is O=C(NCCN1CCOCC1)c1nc(-c2ccccc2)n(-c2cccc(Cl)c2)c1-c1cccc(Cl)c1. The summed E-state index contributed by atoms with van der Waals surface area (Å²) in [7, 11) is 0. The summed E-state index contributed by atoms with van der Waals surface area (Å²) in [6, 6.07) is 24.8. The van der Waals surface area contributed by atoms with Gasteiger partial charge in [-0.2, -0.15) is 0 Å². The van der Waals surface area contributed by atoms with Crippen LogP contribution in [0, 0.1) is 0 Å². The summed E-state index contributed by atoms with van der Waals surface area (Å²) in [5, 5.41) is 4.24. The van der Waals surface area contributed by atoms with Crippen molar-refractivity contribution in [2.45, 2.75) is 0 Å². The lowest BCUT2D eigenvalue weighted by Crippen LogP contribution is -2.41. The van der Waals surface area contributed by atoms with Crippen LogP contribution in [0.1, 0.15) is 10.5 Å². The predicted molar refractivity (Wildman–Crippen MR) is 144 cm³/mol. The summed E-state index contributed by atoms with van der Waals surface area (Å²) >= 11 is 12.8. The minimum atomic E-state index is -0.240. The second-order valence-electron chi connectivity index (χ2n) is 8.53. The third-order valence-electron chi connectivity index (χ3n) is 6.11. The van der Waals surface area contributed by atoms with Crippen molar-refractivity contribution < 1.29 is 9.53 Å². The van der Waals surface area contributed by atoms with Crippen LogP contribution in [0.5, 0.6) is 0 Å². The van der Waals surface area contributed by atoms with E-state index in [0.717, 1.165) is 49.7 Å². The van der Waals surface area contributed by atoms with Crippen LogP contribution in [0.15, 0.2) is 78.9 Å². The summed E-state index contributed by atoms with van der Waals surface area (Å²) in [6.07, 6.45) is 0. The van der Waals surface area contributed by atoms with Gasteiger partial charge in [-0.25, -0.2) is 4.98 Å². The summed E-state index contributed by atoms with van der Waals surface area (Å²) in [5.74, 6) is 0.405. The van der Waals surface area contributed by atoms with Crippen molar-refractivity contribution >= 4 is 29.1 Å². The molecule has 0 saturated carbocycles. The van der Waals surface area contributed by atoms with E-state index in [1.165, 1.54) is 0 Å². The molecule has 0 spiro atoms. The second-order valence-corrected chi connectivity index (χ2v) is 9.41. The summed E-state index contributed by atoms with van der Waals surface area (Å²) < 4.78 is 7.39. The van der Waals surface area contributed by atoms with Gasteiger partial charge in [-0.05, 0) is 30.3 Å². The molecule has 1 aromatic heterocycles. The molecule has 4 aromatic rings. The molecule has 0 unspecified atom stereocenters. The molecule has 8 heteroatoms. The van der Waals surface area contributed by atoms with E-state index >= 15 is 0 Å². The molecule has 0 atom stereocenters. The van der Waals surface area contributed by atoms with Crippen LogP contribution in [-0.2, 0) is 4.74 Å². The molecule has 6 nitrogen and oxygen atoms in total. The first-order chi connectivity index (χ1) is 17.6. The highest BCUT2D eigenvalue weighted by Crippen LogP contribution is 2.35. The van der Waals surface area contributed by atoms with Crippen molar-refractivity contribution in [2.75, 3.05) is 39.4 Å². The molecule has 1 fully saturated rings. The Bertz CT molecular complexity index is 1350. The zero-order valence-corrected chi connectivity index (χ0v) is 21.2. The highest BCUT2D eigenvalue weighted by Gasteiger charge is 2.26. The van der Waals surface area contributed by atoms with Gasteiger partial charge in [0.2, 0.25) is 0 Å². The van der Waals surface area contributed by atoms with Crippen molar-refractivity contribution in [1.82, 2.24) is 19.8 Å².